The maximum atomic E-state index is 5.23. The first-order valence-corrected chi connectivity index (χ1v) is 6.78. The molecule has 1 aliphatic carbocycles. The molecular formula is C14H22N4O. The van der Waals surface area contributed by atoms with Gasteiger partial charge in [0.2, 0.25) is 5.88 Å². The summed E-state index contributed by atoms with van der Waals surface area (Å²) in [7, 11) is 3.43. The van der Waals surface area contributed by atoms with E-state index in [0.29, 0.717) is 18.5 Å². The maximum Gasteiger partial charge on any atom is 0.218 e. The van der Waals surface area contributed by atoms with Crippen LogP contribution in [0.25, 0.3) is 0 Å². The van der Waals surface area contributed by atoms with Crippen LogP contribution in [0.4, 0.5) is 0 Å². The summed E-state index contributed by atoms with van der Waals surface area (Å²) in [6, 6.07) is 4.47. The minimum Gasteiger partial charge on any atom is -0.481 e. The number of rotatable bonds is 4. The van der Waals surface area contributed by atoms with E-state index in [1.165, 1.54) is 25.7 Å². The molecule has 0 radical (unpaired) electrons. The van der Waals surface area contributed by atoms with E-state index in [4.69, 9.17) is 4.74 Å². The number of pyridine rings is 1. The van der Waals surface area contributed by atoms with E-state index in [0.717, 1.165) is 11.5 Å². The number of hydrogen-bond acceptors (Lipinski definition) is 3. The Morgan fingerprint density at radius 3 is 2.95 bits per heavy atom. The lowest BCUT2D eigenvalue weighted by Crippen LogP contribution is -2.42. The van der Waals surface area contributed by atoms with Gasteiger partial charge in [-0.05, 0) is 18.9 Å². The van der Waals surface area contributed by atoms with Crippen molar-refractivity contribution >= 4 is 5.96 Å². The fourth-order valence-corrected chi connectivity index (χ4v) is 2.38. The lowest BCUT2D eigenvalue weighted by Gasteiger charge is -2.17. The summed E-state index contributed by atoms with van der Waals surface area (Å²) in [6.07, 6.45) is 6.82. The van der Waals surface area contributed by atoms with Crippen LogP contribution >= 0.6 is 0 Å². The van der Waals surface area contributed by atoms with Crippen LogP contribution in [0.3, 0.4) is 0 Å². The highest BCUT2D eigenvalue weighted by molar-refractivity contribution is 5.80. The Hall–Kier alpha value is -1.78. The van der Waals surface area contributed by atoms with Crippen molar-refractivity contribution in [3.05, 3.63) is 23.9 Å². The number of ether oxygens (including phenoxy) is 1. The second-order valence-corrected chi connectivity index (χ2v) is 4.72. The van der Waals surface area contributed by atoms with Gasteiger partial charge in [0, 0.05) is 31.4 Å². The SMILES string of the molecule is CN=C(NCc1cccnc1OC)NC1CCCC1. The summed E-state index contributed by atoms with van der Waals surface area (Å²) < 4.78 is 5.23. The Morgan fingerprint density at radius 2 is 2.26 bits per heavy atom. The van der Waals surface area contributed by atoms with Crippen molar-refractivity contribution in [2.45, 2.75) is 38.3 Å². The summed E-state index contributed by atoms with van der Waals surface area (Å²) in [4.78, 5) is 8.44. The Labute approximate surface area is 114 Å². The van der Waals surface area contributed by atoms with E-state index in [9.17, 15) is 0 Å². The maximum absolute atomic E-state index is 5.23. The third kappa shape index (κ3) is 3.84. The number of nitrogens with one attached hydrogen (secondary N) is 2. The van der Waals surface area contributed by atoms with E-state index in [1.54, 1.807) is 20.4 Å². The van der Waals surface area contributed by atoms with Gasteiger partial charge in [-0.25, -0.2) is 4.98 Å². The van der Waals surface area contributed by atoms with Crippen molar-refractivity contribution in [3.8, 4) is 5.88 Å². The zero-order chi connectivity index (χ0) is 13.5. The zero-order valence-electron chi connectivity index (χ0n) is 11.6. The number of nitrogens with zero attached hydrogens (tertiary/aromatic N) is 2. The summed E-state index contributed by atoms with van der Waals surface area (Å²) in [5, 5.41) is 6.76. The molecule has 0 atom stereocenters. The predicted octanol–water partition coefficient (Wildman–Crippen LogP) is 1.70. The van der Waals surface area contributed by atoms with Crippen LogP contribution in [0.1, 0.15) is 31.2 Å². The van der Waals surface area contributed by atoms with E-state index in [1.807, 2.05) is 12.1 Å². The molecule has 0 bridgehead atoms. The molecule has 2 rings (SSSR count). The molecule has 1 heterocycles. The minimum absolute atomic E-state index is 0.557. The average molecular weight is 262 g/mol. The molecule has 0 spiro atoms. The first-order valence-electron chi connectivity index (χ1n) is 6.78. The Kier molecular flexibility index (Phi) is 5.01. The van der Waals surface area contributed by atoms with Crippen molar-refractivity contribution in [1.82, 2.24) is 15.6 Å². The Morgan fingerprint density at radius 1 is 1.47 bits per heavy atom. The summed E-state index contributed by atoms with van der Waals surface area (Å²) in [6.45, 7) is 0.656. The molecular weight excluding hydrogens is 240 g/mol. The van der Waals surface area contributed by atoms with E-state index >= 15 is 0 Å². The van der Waals surface area contributed by atoms with E-state index < -0.39 is 0 Å². The fraction of sp³-hybridized carbons (Fsp3) is 0.571. The largest absolute Gasteiger partial charge is 0.481 e. The molecule has 1 aromatic rings. The second-order valence-electron chi connectivity index (χ2n) is 4.72. The van der Waals surface area contributed by atoms with Gasteiger partial charge in [-0.3, -0.25) is 4.99 Å². The molecule has 0 aliphatic heterocycles. The molecule has 1 fully saturated rings. The van der Waals surface area contributed by atoms with Gasteiger partial charge in [0.25, 0.3) is 0 Å². The van der Waals surface area contributed by atoms with Crippen LogP contribution in [-0.2, 0) is 6.54 Å². The first-order chi connectivity index (χ1) is 9.33. The number of methoxy groups -OCH3 is 1. The van der Waals surface area contributed by atoms with Gasteiger partial charge in [0.05, 0.1) is 7.11 Å². The minimum atomic E-state index is 0.557. The van der Waals surface area contributed by atoms with E-state index in [2.05, 4.69) is 20.6 Å². The molecule has 104 valence electrons. The van der Waals surface area contributed by atoms with Crippen LogP contribution in [0, 0.1) is 0 Å². The van der Waals surface area contributed by atoms with Gasteiger partial charge in [-0.15, -0.1) is 0 Å². The number of hydrogen-bond donors (Lipinski definition) is 2. The molecule has 0 aromatic carbocycles. The van der Waals surface area contributed by atoms with Crippen LogP contribution < -0.4 is 15.4 Å². The monoisotopic (exact) mass is 262 g/mol. The van der Waals surface area contributed by atoms with Crippen molar-refractivity contribution in [2.24, 2.45) is 4.99 Å². The quantitative estimate of drug-likeness (QED) is 0.640. The Balaban J connectivity index is 1.88. The average Bonchev–Trinajstić information content (AvgIpc) is 2.96. The van der Waals surface area contributed by atoms with Crippen LogP contribution in [-0.4, -0.2) is 31.1 Å². The van der Waals surface area contributed by atoms with Gasteiger partial charge < -0.3 is 15.4 Å². The van der Waals surface area contributed by atoms with E-state index in [-0.39, 0.29) is 0 Å². The highest BCUT2D eigenvalue weighted by atomic mass is 16.5. The van der Waals surface area contributed by atoms with Crippen molar-refractivity contribution in [1.29, 1.82) is 0 Å². The smallest absolute Gasteiger partial charge is 0.218 e. The molecule has 0 unspecified atom stereocenters. The van der Waals surface area contributed by atoms with Crippen LogP contribution in [0.2, 0.25) is 0 Å². The fourth-order valence-electron chi connectivity index (χ4n) is 2.38. The molecule has 1 aliphatic rings. The number of guanidine groups is 1. The highest BCUT2D eigenvalue weighted by Gasteiger charge is 2.15. The first kappa shape index (κ1) is 13.6. The summed E-state index contributed by atoms with van der Waals surface area (Å²) in [5.41, 5.74) is 1.03. The molecule has 1 saturated carbocycles. The lowest BCUT2D eigenvalue weighted by molar-refractivity contribution is 0.392. The molecule has 1 aromatic heterocycles. The van der Waals surface area contributed by atoms with Gasteiger partial charge in [-0.2, -0.15) is 0 Å². The second kappa shape index (κ2) is 6.97. The number of aromatic nitrogens is 1. The molecule has 0 saturated heterocycles. The zero-order valence-corrected chi connectivity index (χ0v) is 11.6. The summed E-state index contributed by atoms with van der Waals surface area (Å²) >= 11 is 0. The topological polar surface area (TPSA) is 58.5 Å². The third-order valence-corrected chi connectivity index (χ3v) is 3.41. The highest BCUT2D eigenvalue weighted by Crippen LogP contribution is 2.17. The number of aliphatic imine (C=N–C) groups is 1. The molecule has 0 amide bonds. The molecule has 2 N–H and O–H groups in total. The van der Waals surface area contributed by atoms with Gasteiger partial charge in [-0.1, -0.05) is 18.9 Å². The molecule has 19 heavy (non-hydrogen) atoms. The van der Waals surface area contributed by atoms with Gasteiger partial charge >= 0.3 is 0 Å². The molecule has 5 nitrogen and oxygen atoms in total. The standard InChI is InChI=1S/C14H22N4O/c1-15-14(18-12-7-3-4-8-12)17-10-11-6-5-9-16-13(11)19-2/h5-6,9,12H,3-4,7-8,10H2,1-2H3,(H2,15,17,18). The predicted molar refractivity (Wildman–Crippen MR) is 76.4 cm³/mol. The lowest BCUT2D eigenvalue weighted by atomic mass is 10.2. The van der Waals surface area contributed by atoms with Crippen LogP contribution in [0.15, 0.2) is 23.3 Å². The normalized spacial score (nSPS) is 16.4. The molecule has 5 heteroatoms. The Bertz CT molecular complexity index is 427. The third-order valence-electron chi connectivity index (χ3n) is 3.41. The van der Waals surface area contributed by atoms with Crippen molar-refractivity contribution < 1.29 is 4.74 Å². The summed E-state index contributed by atoms with van der Waals surface area (Å²) in [5.74, 6) is 1.50. The van der Waals surface area contributed by atoms with Gasteiger partial charge in [0.15, 0.2) is 5.96 Å². The van der Waals surface area contributed by atoms with Crippen molar-refractivity contribution in [3.63, 3.8) is 0 Å². The van der Waals surface area contributed by atoms with Gasteiger partial charge in [0.1, 0.15) is 0 Å². The van der Waals surface area contributed by atoms with Crippen molar-refractivity contribution in [2.75, 3.05) is 14.2 Å². The van der Waals surface area contributed by atoms with Crippen LogP contribution in [0.5, 0.6) is 5.88 Å².